The summed E-state index contributed by atoms with van der Waals surface area (Å²) in [5.74, 6) is 2.50. The lowest BCUT2D eigenvalue weighted by atomic mass is 10.1. The maximum absolute atomic E-state index is 8.51. The number of halogens is 1. The third-order valence-corrected chi connectivity index (χ3v) is 2.35. The van der Waals surface area contributed by atoms with Crippen molar-refractivity contribution in [2.45, 2.75) is 6.54 Å². The van der Waals surface area contributed by atoms with Crippen LogP contribution in [0.3, 0.4) is 0 Å². The van der Waals surface area contributed by atoms with Gasteiger partial charge in [0.1, 0.15) is 0 Å². The van der Waals surface area contributed by atoms with Crippen LogP contribution in [0.1, 0.15) is 11.1 Å². The molecule has 4 nitrogen and oxygen atoms in total. The molecule has 0 aromatic heterocycles. The smallest absolute Gasteiger partial charge is 0.170 e. The number of nitrogens with zero attached hydrogens (tertiary/aromatic N) is 1. The van der Waals surface area contributed by atoms with Crippen molar-refractivity contribution in [3.63, 3.8) is 0 Å². The molecule has 4 N–H and O–H groups in total. The molecular formula is C11H12ClN3O. The number of oxime groups is 1. The zero-order chi connectivity index (χ0) is 12.0. The molecule has 1 aromatic carbocycles. The Hall–Kier alpha value is -1.70. The molecule has 1 aromatic rings. The van der Waals surface area contributed by atoms with E-state index in [1.165, 1.54) is 0 Å². The van der Waals surface area contributed by atoms with Crippen molar-refractivity contribution in [1.82, 2.24) is 5.32 Å². The van der Waals surface area contributed by atoms with Gasteiger partial charge in [0, 0.05) is 17.1 Å². The molecule has 0 heterocycles. The minimum atomic E-state index is 0.0324. The molecule has 1 rings (SSSR count). The zero-order valence-electron chi connectivity index (χ0n) is 8.57. The molecule has 0 atom stereocenters. The van der Waals surface area contributed by atoms with Crippen LogP contribution in [-0.4, -0.2) is 17.6 Å². The number of amidine groups is 1. The SMILES string of the molecule is C#CCNCc1ccc(/C(N)=N\O)cc1Cl. The maximum atomic E-state index is 8.51. The lowest BCUT2D eigenvalue weighted by Crippen LogP contribution is -2.15. The van der Waals surface area contributed by atoms with E-state index in [0.29, 0.717) is 23.7 Å². The average Bonchev–Trinajstić information content (AvgIpc) is 2.30. The Bertz CT molecular complexity index is 437. The van der Waals surface area contributed by atoms with E-state index in [4.69, 9.17) is 29.0 Å². The van der Waals surface area contributed by atoms with Crippen molar-refractivity contribution in [2.75, 3.05) is 6.54 Å². The normalized spacial score (nSPS) is 11.1. The van der Waals surface area contributed by atoms with Crippen LogP contribution in [0, 0.1) is 12.3 Å². The van der Waals surface area contributed by atoms with Gasteiger partial charge in [-0.3, -0.25) is 0 Å². The van der Waals surface area contributed by atoms with Gasteiger partial charge in [0.25, 0.3) is 0 Å². The molecule has 0 bridgehead atoms. The third-order valence-electron chi connectivity index (χ3n) is 2.00. The monoisotopic (exact) mass is 237 g/mol. The molecule has 0 aliphatic carbocycles. The molecule has 5 heteroatoms. The summed E-state index contributed by atoms with van der Waals surface area (Å²) in [4.78, 5) is 0. The number of hydrogen-bond donors (Lipinski definition) is 3. The summed E-state index contributed by atoms with van der Waals surface area (Å²) in [5, 5.41) is 15.0. The Balaban J connectivity index is 2.80. The van der Waals surface area contributed by atoms with Crippen LogP contribution in [0.15, 0.2) is 23.4 Å². The van der Waals surface area contributed by atoms with Crippen LogP contribution < -0.4 is 11.1 Å². The molecule has 0 unspecified atom stereocenters. The second-order valence-electron chi connectivity index (χ2n) is 3.10. The number of hydrogen-bond acceptors (Lipinski definition) is 3. The van der Waals surface area contributed by atoms with Gasteiger partial charge in [0.15, 0.2) is 5.84 Å². The predicted octanol–water partition coefficient (Wildman–Crippen LogP) is 1.16. The Morgan fingerprint density at radius 2 is 2.38 bits per heavy atom. The Labute approximate surface area is 99.1 Å². The van der Waals surface area contributed by atoms with Crippen molar-refractivity contribution in [2.24, 2.45) is 10.9 Å². The average molecular weight is 238 g/mol. The minimum absolute atomic E-state index is 0.0324. The van der Waals surface area contributed by atoms with E-state index in [1.807, 2.05) is 0 Å². The highest BCUT2D eigenvalue weighted by Crippen LogP contribution is 2.17. The van der Waals surface area contributed by atoms with Crippen LogP contribution >= 0.6 is 11.6 Å². The van der Waals surface area contributed by atoms with Gasteiger partial charge >= 0.3 is 0 Å². The number of benzene rings is 1. The fourth-order valence-corrected chi connectivity index (χ4v) is 1.42. The summed E-state index contributed by atoms with van der Waals surface area (Å²) in [5.41, 5.74) is 6.92. The lowest BCUT2D eigenvalue weighted by Gasteiger charge is -2.06. The summed E-state index contributed by atoms with van der Waals surface area (Å²) in [7, 11) is 0. The van der Waals surface area contributed by atoms with E-state index >= 15 is 0 Å². The summed E-state index contributed by atoms with van der Waals surface area (Å²) in [6.07, 6.45) is 5.11. The summed E-state index contributed by atoms with van der Waals surface area (Å²) >= 11 is 6.03. The summed E-state index contributed by atoms with van der Waals surface area (Å²) in [6, 6.07) is 5.18. The fourth-order valence-electron chi connectivity index (χ4n) is 1.18. The van der Waals surface area contributed by atoms with Gasteiger partial charge < -0.3 is 16.3 Å². The zero-order valence-corrected chi connectivity index (χ0v) is 9.33. The first-order valence-electron chi connectivity index (χ1n) is 4.59. The first kappa shape index (κ1) is 12.4. The standard InChI is InChI=1S/C11H12ClN3O/c1-2-5-14-7-9-4-3-8(6-10(9)12)11(13)15-16/h1,3-4,6,14,16H,5,7H2,(H2,13,15). The highest BCUT2D eigenvalue weighted by molar-refractivity contribution is 6.31. The molecule has 0 saturated carbocycles. The van der Waals surface area contributed by atoms with Gasteiger partial charge in [-0.1, -0.05) is 34.8 Å². The molecule has 0 aliphatic rings. The Morgan fingerprint density at radius 1 is 1.62 bits per heavy atom. The highest BCUT2D eigenvalue weighted by Gasteiger charge is 2.04. The molecule has 16 heavy (non-hydrogen) atoms. The van der Waals surface area contributed by atoms with Crippen molar-refractivity contribution in [3.05, 3.63) is 34.3 Å². The van der Waals surface area contributed by atoms with Crippen LogP contribution in [0.2, 0.25) is 5.02 Å². The van der Waals surface area contributed by atoms with Crippen molar-refractivity contribution < 1.29 is 5.21 Å². The minimum Gasteiger partial charge on any atom is -0.409 e. The Kier molecular flexibility index (Phi) is 4.65. The van der Waals surface area contributed by atoms with E-state index in [-0.39, 0.29) is 5.84 Å². The molecule has 0 amide bonds. The van der Waals surface area contributed by atoms with E-state index in [2.05, 4.69) is 16.4 Å². The maximum Gasteiger partial charge on any atom is 0.170 e. The van der Waals surface area contributed by atoms with Crippen LogP contribution in [0.5, 0.6) is 0 Å². The largest absolute Gasteiger partial charge is 0.409 e. The second kappa shape index (κ2) is 6.01. The van der Waals surface area contributed by atoms with Gasteiger partial charge in [0.2, 0.25) is 0 Å². The predicted molar refractivity (Wildman–Crippen MR) is 64.5 cm³/mol. The van der Waals surface area contributed by atoms with E-state index in [0.717, 1.165) is 5.56 Å². The Morgan fingerprint density at radius 3 is 2.94 bits per heavy atom. The van der Waals surface area contributed by atoms with Gasteiger partial charge in [-0.25, -0.2) is 0 Å². The quantitative estimate of drug-likeness (QED) is 0.184. The first-order valence-corrected chi connectivity index (χ1v) is 4.97. The van der Waals surface area contributed by atoms with Gasteiger partial charge in [0.05, 0.1) is 6.54 Å². The molecule has 0 aliphatic heterocycles. The van der Waals surface area contributed by atoms with Gasteiger partial charge in [-0.05, 0) is 11.6 Å². The lowest BCUT2D eigenvalue weighted by molar-refractivity contribution is 0.318. The molecule has 0 radical (unpaired) electrons. The van der Waals surface area contributed by atoms with E-state index in [9.17, 15) is 0 Å². The summed E-state index contributed by atoms with van der Waals surface area (Å²) < 4.78 is 0. The van der Waals surface area contributed by atoms with Crippen molar-refractivity contribution in [3.8, 4) is 12.3 Å². The third kappa shape index (κ3) is 3.16. The summed E-state index contributed by atoms with van der Waals surface area (Å²) in [6.45, 7) is 1.07. The van der Waals surface area contributed by atoms with Gasteiger partial charge in [-0.15, -0.1) is 6.42 Å². The number of rotatable bonds is 4. The fraction of sp³-hybridized carbons (Fsp3) is 0.182. The second-order valence-corrected chi connectivity index (χ2v) is 3.51. The van der Waals surface area contributed by atoms with E-state index < -0.39 is 0 Å². The molecule has 84 valence electrons. The van der Waals surface area contributed by atoms with Gasteiger partial charge in [-0.2, -0.15) is 0 Å². The number of nitrogens with two attached hydrogens (primary N) is 1. The number of terminal acetylenes is 1. The van der Waals surface area contributed by atoms with Crippen LogP contribution in [-0.2, 0) is 6.54 Å². The molecule has 0 spiro atoms. The van der Waals surface area contributed by atoms with Crippen molar-refractivity contribution in [1.29, 1.82) is 0 Å². The molecular weight excluding hydrogens is 226 g/mol. The van der Waals surface area contributed by atoms with Crippen molar-refractivity contribution >= 4 is 17.4 Å². The van der Waals surface area contributed by atoms with Crippen LogP contribution in [0.4, 0.5) is 0 Å². The van der Waals surface area contributed by atoms with E-state index in [1.54, 1.807) is 18.2 Å². The topological polar surface area (TPSA) is 70.6 Å². The highest BCUT2D eigenvalue weighted by atomic mass is 35.5. The first-order chi connectivity index (χ1) is 7.69. The van der Waals surface area contributed by atoms with Crippen LogP contribution in [0.25, 0.3) is 0 Å². The molecule has 0 fully saturated rings. The number of nitrogens with one attached hydrogen (secondary N) is 1. The molecule has 0 saturated heterocycles.